The van der Waals surface area contributed by atoms with Crippen LogP contribution in [0.4, 0.5) is 14.5 Å². The maximum absolute atomic E-state index is 12.2. The molecule has 20 heavy (non-hydrogen) atoms. The van der Waals surface area contributed by atoms with Crippen molar-refractivity contribution in [2.45, 2.75) is 41.9 Å². The highest BCUT2D eigenvalue weighted by Gasteiger charge is 2.36. The molecule has 0 bridgehead atoms. The van der Waals surface area contributed by atoms with E-state index in [-0.39, 0.29) is 18.3 Å². The molecular weight excluding hydrogens is 306 g/mol. The number of thioether (sulfide) groups is 1. The van der Waals surface area contributed by atoms with Gasteiger partial charge in [0.2, 0.25) is 5.91 Å². The van der Waals surface area contributed by atoms with E-state index in [1.807, 2.05) is 0 Å². The van der Waals surface area contributed by atoms with Crippen LogP contribution in [-0.4, -0.2) is 17.2 Å². The minimum atomic E-state index is -2.44. The fourth-order valence-corrected chi connectivity index (χ4v) is 2.71. The molecule has 0 spiro atoms. The number of amides is 1. The average Bonchev–Trinajstić information content (AvgIpc) is 2.79. The number of anilines is 1. The molecule has 0 aliphatic heterocycles. The van der Waals surface area contributed by atoms with Gasteiger partial charge in [0.05, 0.1) is 5.54 Å². The highest BCUT2D eigenvalue weighted by atomic mass is 35.5. The van der Waals surface area contributed by atoms with E-state index in [0.29, 0.717) is 35.2 Å². The molecule has 1 amide bonds. The van der Waals surface area contributed by atoms with Gasteiger partial charge in [0, 0.05) is 10.6 Å². The topological polar surface area (TPSA) is 55.1 Å². The molecule has 0 saturated heterocycles. The maximum Gasteiger partial charge on any atom is 0.288 e. The van der Waals surface area contributed by atoms with E-state index in [1.54, 1.807) is 24.3 Å². The Balaban J connectivity index is 0.00000200. The summed E-state index contributed by atoms with van der Waals surface area (Å²) in [6.07, 6.45) is 3.32. The van der Waals surface area contributed by atoms with Crippen molar-refractivity contribution in [3.63, 3.8) is 0 Å². The third kappa shape index (κ3) is 4.33. The summed E-state index contributed by atoms with van der Waals surface area (Å²) in [5.74, 6) is -2.63. The van der Waals surface area contributed by atoms with Crippen LogP contribution in [0.5, 0.6) is 0 Å². The second kappa shape index (κ2) is 7.24. The number of carbonyl (C=O) groups is 1. The van der Waals surface area contributed by atoms with Gasteiger partial charge in [-0.05, 0) is 37.1 Å². The molecule has 1 aliphatic rings. The van der Waals surface area contributed by atoms with Crippen molar-refractivity contribution in [3.8, 4) is 0 Å². The number of halogens is 3. The monoisotopic (exact) mass is 322 g/mol. The van der Waals surface area contributed by atoms with Gasteiger partial charge in [-0.25, -0.2) is 0 Å². The lowest BCUT2D eigenvalue weighted by Crippen LogP contribution is -2.48. The van der Waals surface area contributed by atoms with Crippen LogP contribution in [0.3, 0.4) is 0 Å². The van der Waals surface area contributed by atoms with Crippen LogP contribution < -0.4 is 11.1 Å². The van der Waals surface area contributed by atoms with Gasteiger partial charge in [0.1, 0.15) is 0 Å². The second-order valence-electron chi connectivity index (χ2n) is 4.72. The smallest absolute Gasteiger partial charge is 0.288 e. The average molecular weight is 323 g/mol. The maximum atomic E-state index is 12.2. The predicted molar refractivity (Wildman–Crippen MR) is 79.6 cm³/mol. The van der Waals surface area contributed by atoms with Gasteiger partial charge in [-0.1, -0.05) is 24.6 Å². The zero-order chi connectivity index (χ0) is 13.9. The van der Waals surface area contributed by atoms with Crippen molar-refractivity contribution >= 4 is 35.8 Å². The normalized spacial score (nSPS) is 16.8. The lowest BCUT2D eigenvalue weighted by Gasteiger charge is -2.22. The minimum Gasteiger partial charge on any atom is -0.324 e. The van der Waals surface area contributed by atoms with E-state index >= 15 is 0 Å². The van der Waals surface area contributed by atoms with E-state index in [0.717, 1.165) is 12.8 Å². The Bertz CT molecular complexity index is 450. The quantitative estimate of drug-likeness (QED) is 0.832. The molecule has 1 fully saturated rings. The number of nitrogens with two attached hydrogens (primary N) is 1. The Labute approximate surface area is 127 Å². The fraction of sp³-hybridized carbons (Fsp3) is 0.462. The summed E-state index contributed by atoms with van der Waals surface area (Å²) in [7, 11) is 0. The number of nitrogens with one attached hydrogen (secondary N) is 1. The molecule has 0 unspecified atom stereocenters. The standard InChI is InChI=1S/C13H16F2N2OS.ClH/c14-12(15)19-10-5-3-9(4-6-10)17-11(18)13(16)7-1-2-8-13;/h3-6,12H,1-2,7-8,16H2,(H,17,18);1H. The number of rotatable bonds is 4. The lowest BCUT2D eigenvalue weighted by molar-refractivity contribution is -0.121. The van der Waals surface area contributed by atoms with E-state index in [1.165, 1.54) is 0 Å². The third-order valence-corrected chi connectivity index (χ3v) is 4.01. The zero-order valence-electron chi connectivity index (χ0n) is 10.8. The Morgan fingerprint density at radius 1 is 1.25 bits per heavy atom. The van der Waals surface area contributed by atoms with Crippen LogP contribution in [0.2, 0.25) is 0 Å². The second-order valence-corrected chi connectivity index (χ2v) is 5.78. The Hall–Kier alpha value is -0.850. The van der Waals surface area contributed by atoms with Gasteiger partial charge in [0.25, 0.3) is 5.76 Å². The summed E-state index contributed by atoms with van der Waals surface area (Å²) >= 11 is 0.480. The highest BCUT2D eigenvalue weighted by Crippen LogP contribution is 2.29. The fourth-order valence-electron chi connectivity index (χ4n) is 2.21. The number of hydrogen-bond acceptors (Lipinski definition) is 3. The molecule has 1 aliphatic carbocycles. The molecule has 1 saturated carbocycles. The first-order valence-electron chi connectivity index (χ1n) is 6.15. The number of alkyl halides is 2. The summed E-state index contributed by atoms with van der Waals surface area (Å²) < 4.78 is 24.3. The molecule has 7 heteroatoms. The molecule has 3 nitrogen and oxygen atoms in total. The van der Waals surface area contributed by atoms with Gasteiger partial charge in [-0.3, -0.25) is 4.79 Å². The number of hydrogen-bond donors (Lipinski definition) is 2. The first-order chi connectivity index (χ1) is 8.99. The molecule has 2 rings (SSSR count). The van der Waals surface area contributed by atoms with E-state index in [9.17, 15) is 13.6 Å². The van der Waals surface area contributed by atoms with Crippen LogP contribution in [0, 0.1) is 0 Å². The largest absolute Gasteiger partial charge is 0.324 e. The zero-order valence-corrected chi connectivity index (χ0v) is 12.4. The van der Waals surface area contributed by atoms with Crippen LogP contribution in [0.25, 0.3) is 0 Å². The van der Waals surface area contributed by atoms with Crippen LogP contribution in [0.1, 0.15) is 25.7 Å². The molecule has 1 aromatic carbocycles. The first-order valence-corrected chi connectivity index (χ1v) is 7.03. The van der Waals surface area contributed by atoms with Crippen LogP contribution in [-0.2, 0) is 4.79 Å². The van der Waals surface area contributed by atoms with Crippen molar-refractivity contribution < 1.29 is 13.6 Å². The Kier molecular flexibility index (Phi) is 6.23. The Morgan fingerprint density at radius 3 is 2.30 bits per heavy atom. The molecule has 3 N–H and O–H groups in total. The van der Waals surface area contributed by atoms with Gasteiger partial charge in [-0.15, -0.1) is 12.4 Å². The van der Waals surface area contributed by atoms with E-state index in [4.69, 9.17) is 5.73 Å². The van der Waals surface area contributed by atoms with Crippen molar-refractivity contribution in [1.82, 2.24) is 0 Å². The number of carbonyl (C=O) groups excluding carboxylic acids is 1. The molecule has 1 aromatic rings. The molecule has 112 valence electrons. The van der Waals surface area contributed by atoms with Gasteiger partial charge >= 0.3 is 0 Å². The van der Waals surface area contributed by atoms with Crippen LogP contribution >= 0.6 is 24.2 Å². The summed E-state index contributed by atoms with van der Waals surface area (Å²) in [5.41, 5.74) is 5.83. The third-order valence-electron chi connectivity index (χ3n) is 3.29. The molecule has 0 atom stereocenters. The molecule has 0 radical (unpaired) electrons. The summed E-state index contributed by atoms with van der Waals surface area (Å²) in [6, 6.07) is 6.34. The van der Waals surface area contributed by atoms with Gasteiger partial charge in [0.15, 0.2) is 0 Å². The summed E-state index contributed by atoms with van der Waals surface area (Å²) in [4.78, 5) is 12.5. The van der Waals surface area contributed by atoms with Crippen molar-refractivity contribution in [2.75, 3.05) is 5.32 Å². The number of benzene rings is 1. The van der Waals surface area contributed by atoms with Crippen molar-refractivity contribution in [3.05, 3.63) is 24.3 Å². The Morgan fingerprint density at radius 2 is 1.80 bits per heavy atom. The van der Waals surface area contributed by atoms with Crippen molar-refractivity contribution in [2.24, 2.45) is 5.73 Å². The van der Waals surface area contributed by atoms with E-state index < -0.39 is 11.3 Å². The summed E-state index contributed by atoms with van der Waals surface area (Å²) in [5, 5.41) is 2.74. The van der Waals surface area contributed by atoms with Crippen LogP contribution in [0.15, 0.2) is 29.2 Å². The van der Waals surface area contributed by atoms with Gasteiger partial charge in [-0.2, -0.15) is 8.78 Å². The molecule has 0 heterocycles. The highest BCUT2D eigenvalue weighted by molar-refractivity contribution is 7.99. The van der Waals surface area contributed by atoms with E-state index in [2.05, 4.69) is 5.32 Å². The lowest BCUT2D eigenvalue weighted by atomic mass is 9.98. The van der Waals surface area contributed by atoms with Gasteiger partial charge < -0.3 is 11.1 Å². The molecular formula is C13H17ClF2N2OS. The minimum absolute atomic E-state index is 0. The first kappa shape index (κ1) is 17.2. The molecule has 0 aromatic heterocycles. The predicted octanol–water partition coefficient (Wildman–Crippen LogP) is 3.63. The summed E-state index contributed by atoms with van der Waals surface area (Å²) in [6.45, 7) is 0. The SMILES string of the molecule is Cl.NC1(C(=O)Nc2ccc(SC(F)F)cc2)CCCC1. The van der Waals surface area contributed by atoms with Crippen molar-refractivity contribution in [1.29, 1.82) is 0 Å².